The molecule has 0 fully saturated rings. The Kier molecular flexibility index (Phi) is 13.7. The number of hydrogen-bond acceptors (Lipinski definition) is 8. The molecule has 0 unspecified atom stereocenters. The smallest absolute Gasteiger partial charge is 0.124 e. The molecule has 0 aromatic heterocycles. The van der Waals surface area contributed by atoms with Crippen LogP contribution in [-0.2, 0) is 39.6 Å². The summed E-state index contributed by atoms with van der Waals surface area (Å²) in [6, 6.07) is 70.3. The highest BCUT2D eigenvalue weighted by atomic mass is 16.5. The van der Waals surface area contributed by atoms with Gasteiger partial charge in [0, 0.05) is 23.3 Å². The van der Waals surface area contributed by atoms with Gasteiger partial charge in [-0.25, -0.2) is 0 Å². The van der Waals surface area contributed by atoms with Crippen LogP contribution in [0.15, 0.2) is 218 Å². The van der Waals surface area contributed by atoms with E-state index in [0.29, 0.717) is 72.1 Å². The minimum atomic E-state index is 0.0410. The number of aromatic hydroxyl groups is 2. The van der Waals surface area contributed by atoms with Crippen molar-refractivity contribution >= 4 is 21.5 Å². The van der Waals surface area contributed by atoms with Gasteiger partial charge in [0.15, 0.2) is 0 Å². The third-order valence-electron chi connectivity index (χ3n) is 11.9. The van der Waals surface area contributed by atoms with E-state index in [0.717, 1.165) is 54.9 Å². The maximum atomic E-state index is 11.5. The molecule has 0 radical (unpaired) electrons. The first-order chi connectivity index (χ1) is 34.5. The zero-order valence-corrected chi connectivity index (χ0v) is 38.4. The van der Waals surface area contributed by atoms with Crippen LogP contribution in [0.4, 0.5) is 0 Å². The molecule has 0 aliphatic heterocycles. The van der Waals surface area contributed by atoms with Crippen LogP contribution in [0, 0.1) is 0 Å². The Bertz CT molecular complexity index is 2990. The molecule has 0 aliphatic rings. The van der Waals surface area contributed by atoms with E-state index in [1.807, 2.05) is 206 Å². The zero-order chi connectivity index (χ0) is 47.5. The van der Waals surface area contributed by atoms with Gasteiger partial charge in [0.1, 0.15) is 85.6 Å². The summed E-state index contributed by atoms with van der Waals surface area (Å²) in [5.74, 6) is 4.06. The molecule has 0 spiro atoms. The Morgan fingerprint density at radius 1 is 0.243 bits per heavy atom. The number of phenols is 2. The zero-order valence-electron chi connectivity index (χ0n) is 38.4. The van der Waals surface area contributed by atoms with Gasteiger partial charge in [-0.1, -0.05) is 133 Å². The molecule has 8 nitrogen and oxygen atoms in total. The normalized spacial score (nSPS) is 11.0. The monoisotopic (exact) mass is 922 g/mol. The lowest BCUT2D eigenvalue weighted by atomic mass is 9.92. The summed E-state index contributed by atoms with van der Waals surface area (Å²) in [5.41, 5.74) is 7.03. The van der Waals surface area contributed by atoms with Crippen LogP contribution >= 0.6 is 0 Å². The summed E-state index contributed by atoms with van der Waals surface area (Å²) < 4.78 is 37.7. The van der Waals surface area contributed by atoms with Gasteiger partial charge >= 0.3 is 0 Å². The summed E-state index contributed by atoms with van der Waals surface area (Å²) in [6.45, 7) is 2.17. The number of fused-ring (bicyclic) bond motifs is 2. The SMILES string of the molecule is Oc1ccc2cc(OCc3cc(OCc4ccccc4)cc(OCc4ccccc4)c3)ccc2c1-c1c(O)ccc2cc(OCc3cc(OCc4ccccc4)cc(OCc4ccccc4)c3)ccc12. The predicted octanol–water partition coefficient (Wildman–Crippen LogP) is 14.5. The molecule has 0 amide bonds. The third kappa shape index (κ3) is 11.3. The van der Waals surface area contributed by atoms with Crippen molar-refractivity contribution in [3.8, 4) is 57.1 Å². The van der Waals surface area contributed by atoms with Crippen LogP contribution in [0.2, 0.25) is 0 Å². The highest BCUT2D eigenvalue weighted by molar-refractivity contribution is 6.10. The molecule has 70 heavy (non-hydrogen) atoms. The fraction of sp³-hybridized carbons (Fsp3) is 0.0968. The van der Waals surface area contributed by atoms with E-state index in [1.165, 1.54) is 0 Å². The Morgan fingerprint density at radius 2 is 0.529 bits per heavy atom. The first-order valence-corrected chi connectivity index (χ1v) is 23.2. The molecule has 0 saturated heterocycles. The molecule has 0 heterocycles. The summed E-state index contributed by atoms with van der Waals surface area (Å²) in [6.07, 6.45) is 0. The molecule has 10 aromatic rings. The van der Waals surface area contributed by atoms with E-state index in [9.17, 15) is 10.2 Å². The van der Waals surface area contributed by atoms with E-state index >= 15 is 0 Å². The van der Waals surface area contributed by atoms with Crippen LogP contribution in [0.1, 0.15) is 33.4 Å². The van der Waals surface area contributed by atoms with Crippen LogP contribution in [-0.4, -0.2) is 10.2 Å². The van der Waals surface area contributed by atoms with Gasteiger partial charge in [-0.15, -0.1) is 0 Å². The van der Waals surface area contributed by atoms with Gasteiger partial charge in [0.05, 0.1) is 0 Å². The van der Waals surface area contributed by atoms with Gasteiger partial charge in [0.2, 0.25) is 0 Å². The Hall–Kier alpha value is -8.88. The second-order valence-corrected chi connectivity index (χ2v) is 17.0. The average Bonchev–Trinajstić information content (AvgIpc) is 3.41. The summed E-state index contributed by atoms with van der Waals surface area (Å²) in [5, 5.41) is 26.1. The second kappa shape index (κ2) is 21.4. The molecule has 0 saturated carbocycles. The quantitative estimate of drug-likeness (QED) is 0.0828. The fourth-order valence-electron chi connectivity index (χ4n) is 8.36. The maximum Gasteiger partial charge on any atom is 0.124 e. The van der Waals surface area contributed by atoms with Crippen LogP contribution in [0.5, 0.6) is 46.0 Å². The minimum absolute atomic E-state index is 0.0410. The standard InChI is InChI=1S/C62H50O8/c63-59-27-21-49-33-51(65-41-47-29-53(67-37-43-13-5-1-6-14-43)35-54(30-47)68-38-44-15-7-2-8-16-44)23-25-57(49)61(59)62-58-26-24-52(34-50(58)22-28-60(62)64)66-42-48-31-55(69-39-45-17-9-3-10-18-45)36-56(32-48)70-40-46-19-11-4-12-20-46/h1-36,63-64H,37-42H2. The fourth-order valence-corrected chi connectivity index (χ4v) is 8.36. The van der Waals surface area contributed by atoms with Gasteiger partial charge in [-0.3, -0.25) is 0 Å². The number of hydrogen-bond donors (Lipinski definition) is 2. The molecule has 10 rings (SSSR count). The summed E-state index contributed by atoms with van der Waals surface area (Å²) in [4.78, 5) is 0. The minimum Gasteiger partial charge on any atom is -0.507 e. The van der Waals surface area contributed by atoms with E-state index in [1.54, 1.807) is 12.1 Å². The summed E-state index contributed by atoms with van der Waals surface area (Å²) >= 11 is 0. The second-order valence-electron chi connectivity index (χ2n) is 17.0. The molecule has 0 aliphatic carbocycles. The van der Waals surface area contributed by atoms with Crippen molar-refractivity contribution in [3.05, 3.63) is 252 Å². The Morgan fingerprint density at radius 3 is 0.843 bits per heavy atom. The first-order valence-electron chi connectivity index (χ1n) is 23.2. The highest BCUT2D eigenvalue weighted by Gasteiger charge is 2.18. The third-order valence-corrected chi connectivity index (χ3v) is 11.9. The number of benzene rings is 10. The van der Waals surface area contributed by atoms with Crippen molar-refractivity contribution in [2.75, 3.05) is 0 Å². The van der Waals surface area contributed by atoms with Gasteiger partial charge in [0.25, 0.3) is 0 Å². The topological polar surface area (TPSA) is 95.8 Å². The predicted molar refractivity (Wildman–Crippen MR) is 275 cm³/mol. The highest BCUT2D eigenvalue weighted by Crippen LogP contribution is 2.46. The average molecular weight is 923 g/mol. The van der Waals surface area contributed by atoms with Gasteiger partial charge < -0.3 is 38.6 Å². The Balaban J connectivity index is 0.866. The van der Waals surface area contributed by atoms with Crippen LogP contribution in [0.25, 0.3) is 32.7 Å². The van der Waals surface area contributed by atoms with Crippen molar-refractivity contribution in [2.24, 2.45) is 0 Å². The molecular weight excluding hydrogens is 873 g/mol. The van der Waals surface area contributed by atoms with Crippen molar-refractivity contribution in [3.63, 3.8) is 0 Å². The van der Waals surface area contributed by atoms with Crippen molar-refractivity contribution in [2.45, 2.75) is 39.6 Å². The van der Waals surface area contributed by atoms with Crippen LogP contribution in [0.3, 0.4) is 0 Å². The molecule has 0 bridgehead atoms. The molecular formula is C62H50O8. The van der Waals surface area contributed by atoms with Crippen LogP contribution < -0.4 is 28.4 Å². The first kappa shape index (κ1) is 44.9. The number of rotatable bonds is 19. The lowest BCUT2D eigenvalue weighted by Crippen LogP contribution is -2.01. The molecule has 346 valence electrons. The maximum absolute atomic E-state index is 11.5. The number of phenolic OH excluding ortho intramolecular Hbond substituents is 2. The van der Waals surface area contributed by atoms with E-state index in [2.05, 4.69) is 0 Å². The van der Waals surface area contributed by atoms with Crippen molar-refractivity contribution in [1.29, 1.82) is 0 Å². The van der Waals surface area contributed by atoms with Gasteiger partial charge in [-0.2, -0.15) is 0 Å². The largest absolute Gasteiger partial charge is 0.507 e. The number of ether oxygens (including phenoxy) is 6. The summed E-state index contributed by atoms with van der Waals surface area (Å²) in [7, 11) is 0. The lowest BCUT2D eigenvalue weighted by Gasteiger charge is -2.16. The van der Waals surface area contributed by atoms with Crippen molar-refractivity contribution < 1.29 is 38.6 Å². The Labute approximate surface area is 407 Å². The van der Waals surface area contributed by atoms with E-state index in [4.69, 9.17) is 28.4 Å². The van der Waals surface area contributed by atoms with Crippen molar-refractivity contribution in [1.82, 2.24) is 0 Å². The molecule has 2 N–H and O–H groups in total. The molecule has 10 aromatic carbocycles. The van der Waals surface area contributed by atoms with E-state index < -0.39 is 0 Å². The molecule has 0 atom stereocenters. The molecule has 8 heteroatoms. The lowest BCUT2D eigenvalue weighted by molar-refractivity contribution is 0.281. The van der Waals surface area contributed by atoms with Gasteiger partial charge in [-0.05, 0) is 128 Å². The van der Waals surface area contributed by atoms with E-state index in [-0.39, 0.29) is 24.7 Å².